The predicted octanol–water partition coefficient (Wildman–Crippen LogP) is 4.65. The van der Waals surface area contributed by atoms with Crippen molar-refractivity contribution in [1.29, 1.82) is 0 Å². The number of hydrogen-bond donors (Lipinski definition) is 2. The van der Waals surface area contributed by atoms with Gasteiger partial charge >= 0.3 is 5.97 Å². The summed E-state index contributed by atoms with van der Waals surface area (Å²) in [6.45, 7) is 12.3. The van der Waals surface area contributed by atoms with E-state index in [1.807, 2.05) is 49.9 Å². The zero-order valence-corrected chi connectivity index (χ0v) is 25.9. The van der Waals surface area contributed by atoms with E-state index in [4.69, 9.17) is 25.2 Å². The second kappa shape index (κ2) is 11.3. The summed E-state index contributed by atoms with van der Waals surface area (Å²) in [6, 6.07) is 8.28. The molecule has 0 spiro atoms. The fraction of sp³-hybridized carbons (Fsp3) is 0.484. The van der Waals surface area contributed by atoms with Gasteiger partial charge in [0.15, 0.2) is 5.82 Å². The molecule has 5 rings (SSSR count). The summed E-state index contributed by atoms with van der Waals surface area (Å²) >= 11 is 0. The van der Waals surface area contributed by atoms with E-state index in [0.29, 0.717) is 41.5 Å². The van der Waals surface area contributed by atoms with Gasteiger partial charge in [-0.25, -0.2) is 9.78 Å². The first kappa shape index (κ1) is 29.4. The molecule has 1 fully saturated rings. The Kier molecular flexibility index (Phi) is 7.89. The van der Waals surface area contributed by atoms with Crippen LogP contribution < -0.4 is 25.6 Å². The van der Waals surface area contributed by atoms with Crippen LogP contribution >= 0.6 is 0 Å². The number of methoxy groups -OCH3 is 1. The van der Waals surface area contributed by atoms with Crippen LogP contribution in [-0.4, -0.2) is 78.8 Å². The fourth-order valence-electron chi connectivity index (χ4n) is 5.70. The molecule has 3 aromatic rings. The lowest BCUT2D eigenvalue weighted by atomic mass is 9.91. The van der Waals surface area contributed by atoms with Crippen LogP contribution in [0, 0.1) is 6.92 Å². The zero-order valence-electron chi connectivity index (χ0n) is 25.9. The number of carbonyl (C=O) groups excluding carboxylic acids is 1. The number of nitrogens with one attached hydrogen (secondary N) is 1. The number of aryl methyl sites for hydroxylation is 1. The second-order valence-corrected chi connectivity index (χ2v) is 12.3. The predicted molar refractivity (Wildman–Crippen MR) is 167 cm³/mol. The summed E-state index contributed by atoms with van der Waals surface area (Å²) in [5, 5.41) is 3.29. The Morgan fingerprint density at radius 2 is 1.95 bits per heavy atom. The number of benzene rings is 1. The molecular formula is C31H42N8O3. The molecule has 42 heavy (non-hydrogen) atoms. The SMILES string of the molecule is COc1cc(N2CC[C@H](N(C)C)C2)c(N)cc1Nc1ncc(C(=O)OC(C)C)c(N2CC(C)(C)c3nc(C)ccc32)n1. The van der Waals surface area contributed by atoms with E-state index in [-0.39, 0.29) is 17.1 Å². The Balaban J connectivity index is 1.52. The minimum absolute atomic E-state index is 0.256. The smallest absolute Gasteiger partial charge is 0.343 e. The summed E-state index contributed by atoms with van der Waals surface area (Å²) < 4.78 is 11.3. The fourth-order valence-corrected chi connectivity index (χ4v) is 5.70. The van der Waals surface area contributed by atoms with Crippen molar-refractivity contribution in [3.63, 3.8) is 0 Å². The number of nitrogens with two attached hydrogens (primary N) is 1. The van der Waals surface area contributed by atoms with E-state index in [1.165, 1.54) is 6.20 Å². The number of nitrogen functional groups attached to an aromatic ring is 1. The third-order valence-corrected chi connectivity index (χ3v) is 7.92. The number of likely N-dealkylation sites (N-methyl/N-ethyl adjacent to an activating group) is 1. The van der Waals surface area contributed by atoms with Gasteiger partial charge in [-0.1, -0.05) is 13.8 Å². The average molecular weight is 575 g/mol. The molecule has 1 saturated heterocycles. The maximum absolute atomic E-state index is 13.2. The Labute approximate surface area is 248 Å². The standard InChI is InChI=1S/C31H42N8O3/c1-18(2)42-29(40)21-15-33-30(36-28(21)39-17-31(4,5)27-24(39)10-9-19(3)34-27)35-23-13-22(32)25(14-26(23)41-8)38-12-11-20(16-38)37(6)7/h9-10,13-15,18,20H,11-12,16-17,32H2,1-8H3,(H,33,35,36)/t20-/m0/s1. The van der Waals surface area contributed by atoms with Gasteiger partial charge in [-0.15, -0.1) is 0 Å². The lowest BCUT2D eigenvalue weighted by molar-refractivity contribution is 0.0378. The number of ether oxygens (including phenoxy) is 2. The van der Waals surface area contributed by atoms with E-state index in [2.05, 4.69) is 48.0 Å². The lowest BCUT2D eigenvalue weighted by Crippen LogP contribution is -2.31. The molecule has 0 aliphatic carbocycles. The van der Waals surface area contributed by atoms with Crippen LogP contribution in [0.1, 0.15) is 55.9 Å². The first-order valence-corrected chi connectivity index (χ1v) is 14.4. The molecule has 1 aromatic carbocycles. The highest BCUT2D eigenvalue weighted by atomic mass is 16.5. The molecule has 11 nitrogen and oxygen atoms in total. The van der Waals surface area contributed by atoms with Crippen LogP contribution in [-0.2, 0) is 10.2 Å². The average Bonchev–Trinajstić information content (AvgIpc) is 3.51. The van der Waals surface area contributed by atoms with Gasteiger partial charge in [0.1, 0.15) is 11.3 Å². The number of anilines is 6. The van der Waals surface area contributed by atoms with E-state index in [1.54, 1.807) is 7.11 Å². The maximum Gasteiger partial charge on any atom is 0.343 e. The highest BCUT2D eigenvalue weighted by Crippen LogP contribution is 2.44. The van der Waals surface area contributed by atoms with Crippen molar-refractivity contribution in [3.8, 4) is 5.75 Å². The van der Waals surface area contributed by atoms with Crippen LogP contribution in [0.4, 0.5) is 34.5 Å². The van der Waals surface area contributed by atoms with Gasteiger partial charge in [-0.05, 0) is 59.5 Å². The summed E-state index contributed by atoms with van der Waals surface area (Å²) in [7, 11) is 5.83. The number of fused-ring (bicyclic) bond motifs is 1. The largest absolute Gasteiger partial charge is 0.494 e. The summed E-state index contributed by atoms with van der Waals surface area (Å²) in [6.07, 6.45) is 2.30. The molecule has 2 aromatic heterocycles. The Morgan fingerprint density at radius 1 is 1.19 bits per heavy atom. The summed E-state index contributed by atoms with van der Waals surface area (Å²) in [5.74, 6) is 0.890. The third kappa shape index (κ3) is 5.65. The molecule has 2 aliphatic rings. The number of pyridine rings is 1. The van der Waals surface area contributed by atoms with Crippen molar-refractivity contribution in [1.82, 2.24) is 19.9 Å². The van der Waals surface area contributed by atoms with E-state index >= 15 is 0 Å². The quantitative estimate of drug-likeness (QED) is 0.289. The summed E-state index contributed by atoms with van der Waals surface area (Å²) in [5.41, 5.74) is 11.6. The first-order chi connectivity index (χ1) is 19.9. The van der Waals surface area contributed by atoms with Crippen molar-refractivity contribution in [2.75, 3.05) is 61.7 Å². The number of nitrogens with zero attached hydrogens (tertiary/aromatic N) is 6. The number of hydrogen-bond acceptors (Lipinski definition) is 11. The Morgan fingerprint density at radius 3 is 2.62 bits per heavy atom. The lowest BCUT2D eigenvalue weighted by Gasteiger charge is -2.25. The zero-order chi connectivity index (χ0) is 30.3. The van der Waals surface area contributed by atoms with Gasteiger partial charge < -0.3 is 35.2 Å². The number of carbonyl (C=O) groups is 1. The van der Waals surface area contributed by atoms with Crippen LogP contribution in [0.2, 0.25) is 0 Å². The van der Waals surface area contributed by atoms with E-state index in [9.17, 15) is 4.79 Å². The van der Waals surface area contributed by atoms with Crippen molar-refractivity contribution in [3.05, 3.63) is 47.4 Å². The van der Waals surface area contributed by atoms with Crippen molar-refractivity contribution >= 4 is 40.5 Å². The van der Waals surface area contributed by atoms with Crippen LogP contribution in [0.25, 0.3) is 0 Å². The maximum atomic E-state index is 13.2. The molecule has 2 aliphatic heterocycles. The van der Waals surface area contributed by atoms with E-state index in [0.717, 1.165) is 42.3 Å². The second-order valence-electron chi connectivity index (χ2n) is 12.3. The number of esters is 1. The van der Waals surface area contributed by atoms with Crippen LogP contribution in [0.3, 0.4) is 0 Å². The van der Waals surface area contributed by atoms with Crippen LogP contribution in [0.15, 0.2) is 30.5 Å². The van der Waals surface area contributed by atoms with Gasteiger partial charge in [0.25, 0.3) is 0 Å². The number of rotatable bonds is 8. The summed E-state index contributed by atoms with van der Waals surface area (Å²) in [4.78, 5) is 33.9. The molecule has 224 valence electrons. The highest BCUT2D eigenvalue weighted by Gasteiger charge is 2.40. The van der Waals surface area contributed by atoms with Crippen LogP contribution in [0.5, 0.6) is 5.75 Å². The van der Waals surface area contributed by atoms with Gasteiger partial charge in [0.2, 0.25) is 5.95 Å². The molecule has 0 unspecified atom stereocenters. The van der Waals surface area contributed by atoms with Gasteiger partial charge in [-0.2, -0.15) is 4.98 Å². The number of aromatic nitrogens is 3. The van der Waals surface area contributed by atoms with Crippen molar-refractivity contribution < 1.29 is 14.3 Å². The topological polar surface area (TPSA) is 122 Å². The van der Waals surface area contributed by atoms with E-state index < -0.39 is 5.97 Å². The molecule has 0 radical (unpaired) electrons. The molecule has 4 heterocycles. The minimum atomic E-state index is -0.481. The van der Waals surface area contributed by atoms with Gasteiger partial charge in [-0.3, -0.25) is 4.98 Å². The van der Waals surface area contributed by atoms with Crippen molar-refractivity contribution in [2.45, 2.75) is 58.6 Å². The first-order valence-electron chi connectivity index (χ1n) is 14.4. The molecule has 11 heteroatoms. The third-order valence-electron chi connectivity index (χ3n) is 7.92. The van der Waals surface area contributed by atoms with Gasteiger partial charge in [0, 0.05) is 49.0 Å². The Bertz CT molecular complexity index is 1490. The molecule has 0 saturated carbocycles. The molecule has 0 bridgehead atoms. The molecule has 3 N–H and O–H groups in total. The normalized spacial score (nSPS) is 17.6. The molecule has 0 amide bonds. The molecular weight excluding hydrogens is 532 g/mol. The minimum Gasteiger partial charge on any atom is -0.494 e. The Hall–Kier alpha value is -4.12. The highest BCUT2D eigenvalue weighted by molar-refractivity contribution is 5.96. The molecule has 1 atom stereocenters. The monoisotopic (exact) mass is 574 g/mol. The van der Waals surface area contributed by atoms with Gasteiger partial charge in [0.05, 0.1) is 41.7 Å². The van der Waals surface area contributed by atoms with Crippen molar-refractivity contribution in [2.24, 2.45) is 0 Å².